The molecule has 4 aromatic rings. The van der Waals surface area contributed by atoms with Crippen molar-refractivity contribution >= 4 is 34.3 Å². The molecule has 4 rings (SSSR count). The summed E-state index contributed by atoms with van der Waals surface area (Å²) in [5.41, 5.74) is 3.28. The highest BCUT2D eigenvalue weighted by atomic mass is 32.2. The third kappa shape index (κ3) is 4.78. The lowest BCUT2D eigenvalue weighted by atomic mass is 10.2. The lowest BCUT2D eigenvalue weighted by molar-refractivity contribution is 0.102. The van der Waals surface area contributed by atoms with Gasteiger partial charge in [0, 0.05) is 34.6 Å². The van der Waals surface area contributed by atoms with Crippen LogP contribution < -0.4 is 10.1 Å². The number of aromatic amines is 1. The molecule has 0 spiro atoms. The number of carbonyl (C=O) groups excluding carboxylic acids is 1. The van der Waals surface area contributed by atoms with Crippen LogP contribution in [0.4, 0.5) is 5.69 Å². The van der Waals surface area contributed by atoms with Crippen LogP contribution in [0.2, 0.25) is 0 Å². The zero-order valence-corrected chi connectivity index (χ0v) is 16.8. The van der Waals surface area contributed by atoms with Crippen molar-refractivity contribution < 1.29 is 9.53 Å². The number of amides is 1. The third-order valence-corrected chi connectivity index (χ3v) is 5.37. The van der Waals surface area contributed by atoms with Crippen LogP contribution in [0.5, 0.6) is 5.75 Å². The average molecular weight is 404 g/mol. The molecule has 0 unspecified atom stereocenters. The van der Waals surface area contributed by atoms with Gasteiger partial charge in [-0.3, -0.25) is 4.79 Å². The van der Waals surface area contributed by atoms with Gasteiger partial charge in [-0.1, -0.05) is 18.2 Å². The molecule has 2 aromatic carbocycles. The molecular weight excluding hydrogens is 382 g/mol. The average Bonchev–Trinajstić information content (AvgIpc) is 3.17. The third-order valence-electron chi connectivity index (χ3n) is 4.36. The van der Waals surface area contributed by atoms with Gasteiger partial charge in [-0.05, 0) is 55.0 Å². The van der Waals surface area contributed by atoms with E-state index < -0.39 is 0 Å². The summed E-state index contributed by atoms with van der Waals surface area (Å²) in [6, 6.07) is 21.4. The number of carbonyl (C=O) groups is 1. The van der Waals surface area contributed by atoms with Crippen molar-refractivity contribution in [3.63, 3.8) is 0 Å². The number of benzene rings is 2. The Bertz CT molecular complexity index is 1130. The fraction of sp³-hybridized carbons (Fsp3) is 0.130. The van der Waals surface area contributed by atoms with Crippen LogP contribution >= 0.6 is 11.8 Å². The minimum atomic E-state index is -0.173. The fourth-order valence-electron chi connectivity index (χ4n) is 3.01. The molecule has 146 valence electrons. The maximum absolute atomic E-state index is 12.7. The Balaban J connectivity index is 1.44. The first kappa shape index (κ1) is 19.1. The molecular formula is C23H21N3O2S. The molecule has 0 aliphatic heterocycles. The van der Waals surface area contributed by atoms with Gasteiger partial charge in [-0.25, -0.2) is 4.98 Å². The second kappa shape index (κ2) is 8.84. The van der Waals surface area contributed by atoms with Crippen LogP contribution in [0.3, 0.4) is 0 Å². The van der Waals surface area contributed by atoms with Crippen LogP contribution in [0.25, 0.3) is 10.9 Å². The zero-order valence-electron chi connectivity index (χ0n) is 16.0. The van der Waals surface area contributed by atoms with Crippen molar-refractivity contribution in [2.45, 2.75) is 17.7 Å². The second-order valence-electron chi connectivity index (χ2n) is 6.48. The zero-order chi connectivity index (χ0) is 20.1. The van der Waals surface area contributed by atoms with Gasteiger partial charge < -0.3 is 15.0 Å². The second-order valence-corrected chi connectivity index (χ2v) is 7.47. The molecule has 2 heterocycles. The van der Waals surface area contributed by atoms with E-state index in [1.54, 1.807) is 18.0 Å². The number of aromatic nitrogens is 2. The van der Waals surface area contributed by atoms with Crippen LogP contribution in [0, 0.1) is 0 Å². The van der Waals surface area contributed by atoms with Gasteiger partial charge in [0.25, 0.3) is 5.91 Å². The van der Waals surface area contributed by atoms with E-state index in [9.17, 15) is 4.79 Å². The molecule has 0 saturated heterocycles. The van der Waals surface area contributed by atoms with Gasteiger partial charge in [0.15, 0.2) is 0 Å². The van der Waals surface area contributed by atoms with E-state index in [-0.39, 0.29) is 5.91 Å². The van der Waals surface area contributed by atoms with Crippen LogP contribution in [-0.4, -0.2) is 22.5 Å². The number of nitrogens with zero attached hydrogens (tertiary/aromatic N) is 1. The molecule has 0 radical (unpaired) electrons. The molecule has 0 aliphatic carbocycles. The number of fused-ring (bicyclic) bond motifs is 1. The Morgan fingerprint density at radius 2 is 2.03 bits per heavy atom. The van der Waals surface area contributed by atoms with Crippen molar-refractivity contribution in [2.75, 3.05) is 11.9 Å². The predicted octanol–water partition coefficient (Wildman–Crippen LogP) is 5.51. The summed E-state index contributed by atoms with van der Waals surface area (Å²) in [5.74, 6) is 1.40. The van der Waals surface area contributed by atoms with Gasteiger partial charge in [0.05, 0.1) is 11.6 Å². The monoisotopic (exact) mass is 403 g/mol. The first-order chi connectivity index (χ1) is 14.2. The smallest absolute Gasteiger partial charge is 0.272 e. The Hall–Kier alpha value is -3.25. The van der Waals surface area contributed by atoms with Gasteiger partial charge in [0.1, 0.15) is 11.4 Å². The molecule has 0 fully saturated rings. The van der Waals surface area contributed by atoms with Crippen molar-refractivity contribution in [3.8, 4) is 5.75 Å². The van der Waals surface area contributed by atoms with E-state index in [2.05, 4.69) is 15.3 Å². The van der Waals surface area contributed by atoms with Crippen molar-refractivity contribution in [3.05, 3.63) is 84.2 Å². The lowest BCUT2D eigenvalue weighted by Crippen LogP contribution is -2.12. The normalized spacial score (nSPS) is 10.8. The molecule has 6 heteroatoms. The summed E-state index contributed by atoms with van der Waals surface area (Å²) in [5, 5.41) is 4.92. The summed E-state index contributed by atoms with van der Waals surface area (Å²) in [6.07, 6.45) is 1.79. The number of thioether (sulfide) groups is 1. The van der Waals surface area contributed by atoms with E-state index in [0.717, 1.165) is 38.7 Å². The number of ether oxygens (including phenoxy) is 1. The van der Waals surface area contributed by atoms with Crippen LogP contribution in [0.1, 0.15) is 23.0 Å². The topological polar surface area (TPSA) is 67.0 Å². The lowest BCUT2D eigenvalue weighted by Gasteiger charge is -2.07. The summed E-state index contributed by atoms with van der Waals surface area (Å²) < 4.78 is 5.52. The molecule has 2 aromatic heterocycles. The Kier molecular flexibility index (Phi) is 5.81. The molecule has 0 aliphatic rings. The van der Waals surface area contributed by atoms with Crippen molar-refractivity contribution in [2.24, 2.45) is 0 Å². The SMILES string of the molecule is CCOc1ccc2cc(C(=O)Nc3cccc(CSc4ccccn4)c3)[nH]c2c1. The van der Waals surface area contributed by atoms with Gasteiger partial charge in [-0.2, -0.15) is 0 Å². The fourth-order valence-corrected chi connectivity index (χ4v) is 3.82. The molecule has 2 N–H and O–H groups in total. The maximum atomic E-state index is 12.7. The van der Waals surface area contributed by atoms with E-state index >= 15 is 0 Å². The molecule has 29 heavy (non-hydrogen) atoms. The molecule has 0 bridgehead atoms. The predicted molar refractivity (Wildman–Crippen MR) is 118 cm³/mol. The first-order valence-electron chi connectivity index (χ1n) is 9.41. The Morgan fingerprint density at radius 3 is 2.86 bits per heavy atom. The number of nitrogens with one attached hydrogen (secondary N) is 2. The highest BCUT2D eigenvalue weighted by Crippen LogP contribution is 2.24. The van der Waals surface area contributed by atoms with Crippen molar-refractivity contribution in [1.29, 1.82) is 0 Å². The standard InChI is InChI=1S/C23H21N3O2S/c1-2-28-19-10-9-17-13-21(26-20(17)14-19)23(27)25-18-7-5-6-16(12-18)15-29-22-8-3-4-11-24-22/h3-14,26H,2,15H2,1H3,(H,25,27). The summed E-state index contributed by atoms with van der Waals surface area (Å²) in [4.78, 5) is 20.2. The van der Waals surface area contributed by atoms with Gasteiger partial charge >= 0.3 is 0 Å². The number of anilines is 1. The molecule has 5 nitrogen and oxygen atoms in total. The number of pyridine rings is 1. The Morgan fingerprint density at radius 1 is 1.10 bits per heavy atom. The number of hydrogen-bond donors (Lipinski definition) is 2. The van der Waals surface area contributed by atoms with Gasteiger partial charge in [-0.15, -0.1) is 11.8 Å². The van der Waals surface area contributed by atoms with E-state index in [4.69, 9.17) is 4.74 Å². The van der Waals surface area contributed by atoms with Crippen LogP contribution in [0.15, 0.2) is 78.0 Å². The quantitative estimate of drug-likeness (QED) is 0.400. The van der Waals surface area contributed by atoms with E-state index in [1.807, 2.05) is 73.7 Å². The van der Waals surface area contributed by atoms with Gasteiger partial charge in [0.2, 0.25) is 0 Å². The summed E-state index contributed by atoms with van der Waals surface area (Å²) in [7, 11) is 0. The maximum Gasteiger partial charge on any atom is 0.272 e. The van der Waals surface area contributed by atoms with E-state index in [0.29, 0.717) is 12.3 Å². The van der Waals surface area contributed by atoms with Crippen molar-refractivity contribution in [1.82, 2.24) is 9.97 Å². The number of rotatable bonds is 7. The minimum absolute atomic E-state index is 0.173. The largest absolute Gasteiger partial charge is 0.494 e. The molecule has 1 amide bonds. The van der Waals surface area contributed by atoms with Crippen LogP contribution in [-0.2, 0) is 5.75 Å². The van der Waals surface area contributed by atoms with E-state index in [1.165, 1.54) is 0 Å². The molecule has 0 atom stereocenters. The summed E-state index contributed by atoms with van der Waals surface area (Å²) >= 11 is 1.66. The first-order valence-corrected chi connectivity index (χ1v) is 10.4. The molecule has 0 saturated carbocycles. The Labute approximate surface area is 173 Å². The highest BCUT2D eigenvalue weighted by molar-refractivity contribution is 7.98. The number of H-pyrrole nitrogens is 1. The minimum Gasteiger partial charge on any atom is -0.494 e. The highest BCUT2D eigenvalue weighted by Gasteiger charge is 2.11. The summed E-state index contributed by atoms with van der Waals surface area (Å²) in [6.45, 7) is 2.55. The number of hydrogen-bond acceptors (Lipinski definition) is 4.